The number of hydrogen-bond donors (Lipinski definition) is 1. The average Bonchev–Trinajstić information content (AvgIpc) is 2.42. The fourth-order valence-electron chi connectivity index (χ4n) is 1.93. The van der Waals surface area contributed by atoms with E-state index in [9.17, 15) is 9.18 Å². The lowest BCUT2D eigenvalue weighted by Gasteiger charge is -2.10. The summed E-state index contributed by atoms with van der Waals surface area (Å²) < 4.78 is 19.4. The molecule has 0 bridgehead atoms. The Bertz CT molecular complexity index is 658. The monoisotopic (exact) mass is 337 g/mol. The minimum absolute atomic E-state index is 0.0935. The van der Waals surface area contributed by atoms with E-state index in [0.717, 1.165) is 10.0 Å². The molecule has 2 aromatic rings. The predicted octanol–water partition coefficient (Wildman–Crippen LogP) is 3.60. The van der Waals surface area contributed by atoms with Crippen molar-refractivity contribution in [1.82, 2.24) is 0 Å². The predicted molar refractivity (Wildman–Crippen MR) is 79.5 cm³/mol. The smallest absolute Gasteiger partial charge is 0.169 e. The lowest BCUT2D eigenvalue weighted by atomic mass is 10.0. The molecule has 0 aliphatic heterocycles. The SMILES string of the molecule is COc1ccc(Br)cc1CC(=O)c1cccc(F)c1N. The molecular formula is C15H13BrFNO2. The zero-order valence-electron chi connectivity index (χ0n) is 10.8. The van der Waals surface area contributed by atoms with Crippen LogP contribution in [0.15, 0.2) is 40.9 Å². The molecule has 20 heavy (non-hydrogen) atoms. The Hall–Kier alpha value is -1.88. The van der Waals surface area contributed by atoms with Crippen molar-refractivity contribution in [2.24, 2.45) is 0 Å². The Balaban J connectivity index is 2.32. The summed E-state index contributed by atoms with van der Waals surface area (Å²) >= 11 is 3.35. The number of carbonyl (C=O) groups is 1. The summed E-state index contributed by atoms with van der Waals surface area (Å²) in [7, 11) is 1.54. The highest BCUT2D eigenvalue weighted by atomic mass is 79.9. The van der Waals surface area contributed by atoms with Gasteiger partial charge in [0, 0.05) is 22.0 Å². The fraction of sp³-hybridized carbons (Fsp3) is 0.133. The van der Waals surface area contributed by atoms with Gasteiger partial charge in [-0.2, -0.15) is 0 Å². The van der Waals surface area contributed by atoms with Crippen LogP contribution in [-0.4, -0.2) is 12.9 Å². The molecular weight excluding hydrogens is 325 g/mol. The Kier molecular flexibility index (Phi) is 4.39. The van der Waals surface area contributed by atoms with E-state index in [1.807, 2.05) is 6.07 Å². The molecule has 2 N–H and O–H groups in total. The molecule has 0 amide bonds. The molecule has 0 atom stereocenters. The van der Waals surface area contributed by atoms with Crippen LogP contribution in [0.1, 0.15) is 15.9 Å². The topological polar surface area (TPSA) is 52.3 Å². The standard InChI is InChI=1S/C15H13BrFNO2/c1-20-14-6-5-10(16)7-9(14)8-13(19)11-3-2-4-12(17)15(11)18/h2-7H,8,18H2,1H3. The summed E-state index contributed by atoms with van der Waals surface area (Å²) in [4.78, 5) is 12.2. The number of carbonyl (C=O) groups excluding carboxylic acids is 1. The van der Waals surface area contributed by atoms with Crippen LogP contribution in [0.5, 0.6) is 5.75 Å². The summed E-state index contributed by atoms with van der Waals surface area (Å²) in [6, 6.07) is 9.60. The molecule has 2 aromatic carbocycles. The van der Waals surface area contributed by atoms with Crippen LogP contribution < -0.4 is 10.5 Å². The van der Waals surface area contributed by atoms with Crippen LogP contribution in [0.2, 0.25) is 0 Å². The van der Waals surface area contributed by atoms with Crippen molar-refractivity contribution >= 4 is 27.4 Å². The third-order valence-electron chi connectivity index (χ3n) is 2.95. The first kappa shape index (κ1) is 14.5. The molecule has 0 unspecified atom stereocenters. The van der Waals surface area contributed by atoms with Gasteiger partial charge >= 0.3 is 0 Å². The molecule has 0 fully saturated rings. The van der Waals surface area contributed by atoms with Crippen LogP contribution in [-0.2, 0) is 6.42 Å². The highest BCUT2D eigenvalue weighted by Gasteiger charge is 2.15. The van der Waals surface area contributed by atoms with E-state index in [0.29, 0.717) is 5.75 Å². The number of nitrogens with two attached hydrogens (primary N) is 1. The zero-order valence-corrected chi connectivity index (χ0v) is 12.4. The molecule has 3 nitrogen and oxygen atoms in total. The molecule has 0 aliphatic carbocycles. The molecule has 0 spiro atoms. The summed E-state index contributed by atoms with van der Waals surface area (Å²) in [6.07, 6.45) is 0.0935. The number of hydrogen-bond acceptors (Lipinski definition) is 3. The highest BCUT2D eigenvalue weighted by molar-refractivity contribution is 9.10. The number of ether oxygens (including phenoxy) is 1. The summed E-state index contributed by atoms with van der Waals surface area (Å²) in [5, 5.41) is 0. The number of methoxy groups -OCH3 is 1. The normalized spacial score (nSPS) is 10.3. The number of anilines is 1. The maximum Gasteiger partial charge on any atom is 0.169 e. The lowest BCUT2D eigenvalue weighted by molar-refractivity contribution is 0.0992. The summed E-state index contributed by atoms with van der Waals surface area (Å²) in [5.41, 5.74) is 6.39. The minimum atomic E-state index is -0.586. The van der Waals surface area contributed by atoms with Crippen molar-refractivity contribution in [3.63, 3.8) is 0 Å². The maximum atomic E-state index is 13.4. The van der Waals surface area contributed by atoms with E-state index in [4.69, 9.17) is 10.5 Å². The van der Waals surface area contributed by atoms with Crippen molar-refractivity contribution in [2.45, 2.75) is 6.42 Å². The highest BCUT2D eigenvalue weighted by Crippen LogP contribution is 2.25. The number of benzene rings is 2. The Morgan fingerprint density at radius 1 is 1.35 bits per heavy atom. The van der Waals surface area contributed by atoms with Gasteiger partial charge in [-0.1, -0.05) is 22.0 Å². The second-order valence-electron chi connectivity index (χ2n) is 4.26. The van der Waals surface area contributed by atoms with Crippen LogP contribution in [0.25, 0.3) is 0 Å². The quantitative estimate of drug-likeness (QED) is 0.685. The maximum absolute atomic E-state index is 13.4. The van der Waals surface area contributed by atoms with Gasteiger partial charge in [0.25, 0.3) is 0 Å². The van der Waals surface area contributed by atoms with Crippen LogP contribution in [0.4, 0.5) is 10.1 Å². The third-order valence-corrected chi connectivity index (χ3v) is 3.44. The van der Waals surface area contributed by atoms with E-state index in [1.54, 1.807) is 12.1 Å². The molecule has 0 saturated heterocycles. The zero-order chi connectivity index (χ0) is 14.7. The fourth-order valence-corrected chi connectivity index (χ4v) is 2.34. The van der Waals surface area contributed by atoms with Gasteiger partial charge in [0.05, 0.1) is 12.8 Å². The Morgan fingerprint density at radius 2 is 2.10 bits per heavy atom. The first-order valence-electron chi connectivity index (χ1n) is 5.92. The molecule has 0 saturated carbocycles. The van der Waals surface area contributed by atoms with Gasteiger partial charge < -0.3 is 10.5 Å². The van der Waals surface area contributed by atoms with Gasteiger partial charge in [0.1, 0.15) is 11.6 Å². The average molecular weight is 338 g/mol. The van der Waals surface area contributed by atoms with E-state index in [-0.39, 0.29) is 23.5 Å². The number of halogens is 2. The van der Waals surface area contributed by atoms with Crippen LogP contribution in [0.3, 0.4) is 0 Å². The Labute approximate surface area is 124 Å². The molecule has 104 valence electrons. The lowest BCUT2D eigenvalue weighted by Crippen LogP contribution is -2.09. The second-order valence-corrected chi connectivity index (χ2v) is 5.17. The molecule has 2 rings (SSSR count). The van der Waals surface area contributed by atoms with Gasteiger partial charge in [0.2, 0.25) is 0 Å². The van der Waals surface area contributed by atoms with Crippen molar-refractivity contribution in [3.8, 4) is 5.75 Å². The van der Waals surface area contributed by atoms with E-state index < -0.39 is 5.82 Å². The number of ketones is 1. The number of rotatable bonds is 4. The molecule has 0 heterocycles. The molecule has 0 radical (unpaired) electrons. The van der Waals surface area contributed by atoms with Crippen LogP contribution in [0, 0.1) is 5.82 Å². The van der Waals surface area contributed by atoms with E-state index in [2.05, 4.69) is 15.9 Å². The van der Waals surface area contributed by atoms with E-state index >= 15 is 0 Å². The van der Waals surface area contributed by atoms with Crippen molar-refractivity contribution in [1.29, 1.82) is 0 Å². The van der Waals surface area contributed by atoms with E-state index in [1.165, 1.54) is 25.3 Å². The summed E-state index contributed by atoms with van der Waals surface area (Å²) in [6.45, 7) is 0. The minimum Gasteiger partial charge on any atom is -0.496 e. The first-order chi connectivity index (χ1) is 9.52. The third kappa shape index (κ3) is 2.99. The first-order valence-corrected chi connectivity index (χ1v) is 6.72. The van der Waals surface area contributed by atoms with Gasteiger partial charge in [-0.15, -0.1) is 0 Å². The van der Waals surface area contributed by atoms with Gasteiger partial charge in [-0.25, -0.2) is 4.39 Å². The van der Waals surface area contributed by atoms with Crippen LogP contribution >= 0.6 is 15.9 Å². The van der Waals surface area contributed by atoms with Crippen molar-refractivity contribution < 1.29 is 13.9 Å². The number of para-hydroxylation sites is 1. The Morgan fingerprint density at radius 3 is 2.80 bits per heavy atom. The largest absolute Gasteiger partial charge is 0.496 e. The molecule has 5 heteroatoms. The van der Waals surface area contributed by atoms with Gasteiger partial charge in [0.15, 0.2) is 5.78 Å². The number of nitrogen functional groups attached to an aromatic ring is 1. The van der Waals surface area contributed by atoms with Crippen molar-refractivity contribution in [3.05, 3.63) is 57.8 Å². The van der Waals surface area contributed by atoms with Gasteiger partial charge in [-0.05, 0) is 30.3 Å². The molecule has 0 aromatic heterocycles. The number of Topliss-reactive ketones (excluding diaryl/α,β-unsaturated/α-hetero) is 1. The van der Waals surface area contributed by atoms with Crippen molar-refractivity contribution in [2.75, 3.05) is 12.8 Å². The summed E-state index contributed by atoms with van der Waals surface area (Å²) in [5.74, 6) is -0.230. The second kappa shape index (κ2) is 6.05. The van der Waals surface area contributed by atoms with Gasteiger partial charge in [-0.3, -0.25) is 4.79 Å². The molecule has 0 aliphatic rings.